The Morgan fingerprint density at radius 2 is 1.94 bits per heavy atom. The van der Waals surface area contributed by atoms with Crippen molar-refractivity contribution in [2.45, 2.75) is 20.1 Å². The van der Waals surface area contributed by atoms with Gasteiger partial charge in [0, 0.05) is 5.69 Å². The number of hydrogen-bond acceptors (Lipinski definition) is 4. The van der Waals surface area contributed by atoms with Gasteiger partial charge in [-0.1, -0.05) is 30.3 Å². The Bertz CT molecular complexity index is 500. The molecule has 0 aliphatic rings. The second-order valence-electron chi connectivity index (χ2n) is 4.01. The zero-order valence-electron chi connectivity index (χ0n) is 10.3. The Morgan fingerprint density at radius 1 is 1.17 bits per heavy atom. The lowest BCUT2D eigenvalue weighted by atomic mass is 10.2. The highest BCUT2D eigenvalue weighted by molar-refractivity contribution is 5.27. The van der Waals surface area contributed by atoms with Crippen LogP contribution in [-0.4, -0.2) is 10.1 Å². The number of nitrogens with zero attached hydrogens (tertiary/aromatic N) is 1. The van der Waals surface area contributed by atoms with Crippen LogP contribution in [0, 0.1) is 6.92 Å². The second-order valence-corrected chi connectivity index (χ2v) is 4.01. The van der Waals surface area contributed by atoms with Crippen molar-refractivity contribution in [3.8, 4) is 5.75 Å². The van der Waals surface area contributed by atoms with E-state index in [1.165, 1.54) is 0 Å². The Hall–Kier alpha value is -1.91. The van der Waals surface area contributed by atoms with Gasteiger partial charge in [0.15, 0.2) is 0 Å². The van der Waals surface area contributed by atoms with E-state index in [1.807, 2.05) is 37.3 Å². The summed E-state index contributed by atoms with van der Waals surface area (Å²) in [7, 11) is 0. The van der Waals surface area contributed by atoms with Crippen LogP contribution in [0.25, 0.3) is 0 Å². The number of hydrogen-bond donors (Lipinski definition) is 2. The van der Waals surface area contributed by atoms with Crippen LogP contribution in [0.2, 0.25) is 0 Å². The molecule has 0 bridgehead atoms. The molecule has 94 valence electrons. The first kappa shape index (κ1) is 12.5. The molecular formula is C14H16N2O2. The van der Waals surface area contributed by atoms with E-state index in [0.717, 1.165) is 11.3 Å². The van der Waals surface area contributed by atoms with E-state index in [9.17, 15) is 5.11 Å². The molecule has 1 aromatic heterocycles. The first-order valence-corrected chi connectivity index (χ1v) is 5.80. The molecule has 0 spiro atoms. The van der Waals surface area contributed by atoms with Gasteiger partial charge in [-0.2, -0.15) is 5.48 Å². The highest BCUT2D eigenvalue weighted by Crippen LogP contribution is 2.14. The van der Waals surface area contributed by atoms with Crippen molar-refractivity contribution < 1.29 is 9.94 Å². The average Bonchev–Trinajstić information content (AvgIpc) is 2.40. The number of pyridine rings is 1. The Kier molecular flexibility index (Phi) is 4.28. The third-order valence-corrected chi connectivity index (χ3v) is 2.51. The minimum Gasteiger partial charge on any atom is -0.506 e. The number of aryl methyl sites for hydroxylation is 1. The quantitative estimate of drug-likeness (QED) is 0.626. The Balaban J connectivity index is 1.80. The standard InChI is InChI=1S/C14H16N2O2/c1-11-7-8-14(17)13(16-11)9-15-18-10-12-5-3-2-4-6-12/h2-8,15,17H,9-10H2,1H3. The van der Waals surface area contributed by atoms with Crippen LogP contribution in [0.4, 0.5) is 0 Å². The van der Waals surface area contributed by atoms with E-state index in [2.05, 4.69) is 10.5 Å². The van der Waals surface area contributed by atoms with Gasteiger partial charge in [0.2, 0.25) is 0 Å². The number of rotatable bonds is 5. The summed E-state index contributed by atoms with van der Waals surface area (Å²) in [5.74, 6) is 0.177. The summed E-state index contributed by atoms with van der Waals surface area (Å²) < 4.78 is 0. The van der Waals surface area contributed by atoms with Crippen LogP contribution in [0.5, 0.6) is 5.75 Å². The molecule has 1 aromatic carbocycles. The molecule has 18 heavy (non-hydrogen) atoms. The van der Waals surface area contributed by atoms with Crippen molar-refractivity contribution in [1.82, 2.24) is 10.5 Å². The van der Waals surface area contributed by atoms with Crippen molar-refractivity contribution in [3.63, 3.8) is 0 Å². The molecular weight excluding hydrogens is 228 g/mol. The summed E-state index contributed by atoms with van der Waals surface area (Å²) in [6, 6.07) is 13.3. The number of benzene rings is 1. The van der Waals surface area contributed by atoms with Gasteiger partial charge in [-0.3, -0.25) is 9.82 Å². The van der Waals surface area contributed by atoms with Crippen LogP contribution in [0.1, 0.15) is 17.0 Å². The van der Waals surface area contributed by atoms with Gasteiger partial charge >= 0.3 is 0 Å². The summed E-state index contributed by atoms with van der Waals surface area (Å²) in [6.45, 7) is 2.74. The largest absolute Gasteiger partial charge is 0.506 e. The zero-order valence-corrected chi connectivity index (χ0v) is 10.3. The summed E-state index contributed by atoms with van der Waals surface area (Å²) in [5, 5.41) is 9.59. The van der Waals surface area contributed by atoms with Gasteiger partial charge in [0.25, 0.3) is 0 Å². The molecule has 0 aliphatic carbocycles. The molecule has 2 aromatic rings. The Morgan fingerprint density at radius 3 is 2.72 bits per heavy atom. The van der Waals surface area contributed by atoms with E-state index < -0.39 is 0 Å². The highest BCUT2D eigenvalue weighted by Gasteiger charge is 2.02. The lowest BCUT2D eigenvalue weighted by Gasteiger charge is -2.07. The predicted molar refractivity (Wildman–Crippen MR) is 68.7 cm³/mol. The molecule has 2 rings (SSSR count). The zero-order chi connectivity index (χ0) is 12.8. The minimum absolute atomic E-state index is 0.177. The van der Waals surface area contributed by atoms with E-state index in [4.69, 9.17) is 4.84 Å². The van der Waals surface area contributed by atoms with Gasteiger partial charge < -0.3 is 5.11 Å². The van der Waals surface area contributed by atoms with E-state index in [0.29, 0.717) is 18.8 Å². The van der Waals surface area contributed by atoms with E-state index >= 15 is 0 Å². The van der Waals surface area contributed by atoms with Crippen LogP contribution < -0.4 is 5.48 Å². The average molecular weight is 244 g/mol. The normalized spacial score (nSPS) is 10.5. The third kappa shape index (κ3) is 3.55. The Labute approximate surface area is 106 Å². The number of hydroxylamine groups is 1. The van der Waals surface area contributed by atoms with Crippen molar-refractivity contribution in [3.05, 3.63) is 59.4 Å². The topological polar surface area (TPSA) is 54.4 Å². The molecule has 0 atom stereocenters. The summed E-state index contributed by atoms with van der Waals surface area (Å²) in [4.78, 5) is 9.54. The van der Waals surface area contributed by atoms with Gasteiger partial charge in [0.1, 0.15) is 5.75 Å². The summed E-state index contributed by atoms with van der Waals surface area (Å²) >= 11 is 0. The lowest BCUT2D eigenvalue weighted by Crippen LogP contribution is -2.15. The van der Waals surface area contributed by atoms with Crippen LogP contribution in [0.3, 0.4) is 0 Å². The maximum absolute atomic E-state index is 9.59. The van der Waals surface area contributed by atoms with Crippen molar-refractivity contribution in [2.24, 2.45) is 0 Å². The van der Waals surface area contributed by atoms with Gasteiger partial charge in [0.05, 0.1) is 18.8 Å². The molecule has 2 N–H and O–H groups in total. The van der Waals surface area contributed by atoms with Crippen molar-refractivity contribution >= 4 is 0 Å². The number of nitrogens with one attached hydrogen (secondary N) is 1. The van der Waals surface area contributed by atoms with Crippen LogP contribution in [0.15, 0.2) is 42.5 Å². The smallest absolute Gasteiger partial charge is 0.138 e. The SMILES string of the molecule is Cc1ccc(O)c(CNOCc2ccccc2)n1. The molecule has 0 saturated heterocycles. The fourth-order valence-corrected chi connectivity index (χ4v) is 1.56. The molecule has 0 amide bonds. The van der Waals surface area contributed by atoms with Gasteiger partial charge in [-0.05, 0) is 24.6 Å². The van der Waals surface area contributed by atoms with E-state index in [1.54, 1.807) is 12.1 Å². The fourth-order valence-electron chi connectivity index (χ4n) is 1.56. The third-order valence-electron chi connectivity index (χ3n) is 2.51. The van der Waals surface area contributed by atoms with E-state index in [-0.39, 0.29) is 5.75 Å². The minimum atomic E-state index is 0.177. The maximum atomic E-state index is 9.59. The van der Waals surface area contributed by atoms with Gasteiger partial charge in [-0.25, -0.2) is 0 Å². The molecule has 0 unspecified atom stereocenters. The van der Waals surface area contributed by atoms with Crippen LogP contribution >= 0.6 is 0 Å². The first-order valence-electron chi connectivity index (χ1n) is 5.80. The van der Waals surface area contributed by atoms with Gasteiger partial charge in [-0.15, -0.1) is 0 Å². The molecule has 4 nitrogen and oxygen atoms in total. The fraction of sp³-hybridized carbons (Fsp3) is 0.214. The van der Waals surface area contributed by atoms with Crippen molar-refractivity contribution in [2.75, 3.05) is 0 Å². The molecule has 1 heterocycles. The molecule has 0 aliphatic heterocycles. The number of aromatic hydroxyl groups is 1. The monoisotopic (exact) mass is 244 g/mol. The summed E-state index contributed by atoms with van der Waals surface area (Å²) in [5.41, 5.74) is 5.34. The predicted octanol–water partition coefficient (Wildman–Crippen LogP) is 2.32. The molecule has 0 saturated carbocycles. The number of aromatic nitrogens is 1. The first-order chi connectivity index (χ1) is 8.75. The summed E-state index contributed by atoms with van der Waals surface area (Å²) in [6.07, 6.45) is 0. The molecule has 0 fully saturated rings. The molecule has 4 heteroatoms. The lowest BCUT2D eigenvalue weighted by molar-refractivity contribution is 0.0224. The second kappa shape index (κ2) is 6.14. The highest BCUT2D eigenvalue weighted by atomic mass is 16.6. The maximum Gasteiger partial charge on any atom is 0.138 e. The van der Waals surface area contributed by atoms with Crippen molar-refractivity contribution in [1.29, 1.82) is 0 Å². The van der Waals surface area contributed by atoms with Crippen LogP contribution in [-0.2, 0) is 18.0 Å². The molecule has 0 radical (unpaired) electrons.